The number of hydrogen-bond acceptors (Lipinski definition) is 2. The fraction of sp³-hybridized carbons (Fsp3) is 1.00. The minimum atomic E-state index is -0.361. The quantitative estimate of drug-likeness (QED) is 0.560. The molecule has 0 saturated carbocycles. The molecule has 0 aromatic carbocycles. The summed E-state index contributed by atoms with van der Waals surface area (Å²) < 4.78 is 11.1. The topological polar surface area (TPSA) is 18.5 Å². The second-order valence-corrected chi connectivity index (χ2v) is 3.29. The van der Waals surface area contributed by atoms with Crippen molar-refractivity contribution < 1.29 is 9.47 Å². The maximum atomic E-state index is 5.59. The van der Waals surface area contributed by atoms with Crippen LogP contribution in [0, 0.1) is 0 Å². The first-order chi connectivity index (χ1) is 4.55. The van der Waals surface area contributed by atoms with E-state index in [2.05, 4.69) is 13.8 Å². The summed E-state index contributed by atoms with van der Waals surface area (Å²) in [6.45, 7) is 8.09. The number of rotatable bonds is 1. The smallest absolute Gasteiger partial charge is 0.163 e. The van der Waals surface area contributed by atoms with Crippen LogP contribution >= 0.6 is 0 Å². The summed E-state index contributed by atoms with van der Waals surface area (Å²) in [5, 5.41) is 0. The van der Waals surface area contributed by atoms with E-state index in [1.807, 2.05) is 13.8 Å². The van der Waals surface area contributed by atoms with Crippen LogP contribution in [-0.4, -0.2) is 18.0 Å². The Morgan fingerprint density at radius 1 is 1.30 bits per heavy atom. The molecule has 0 bridgehead atoms. The average molecular weight is 144 g/mol. The Morgan fingerprint density at radius 3 is 2.10 bits per heavy atom. The molecule has 2 nitrogen and oxygen atoms in total. The van der Waals surface area contributed by atoms with Crippen LogP contribution in [0.15, 0.2) is 0 Å². The van der Waals surface area contributed by atoms with Gasteiger partial charge in [-0.3, -0.25) is 0 Å². The predicted octanol–water partition coefficient (Wildman–Crippen LogP) is 1.94. The lowest BCUT2D eigenvalue weighted by Gasteiger charge is -2.16. The Bertz CT molecular complexity index is 120. The van der Waals surface area contributed by atoms with E-state index in [1.54, 1.807) is 0 Å². The summed E-state index contributed by atoms with van der Waals surface area (Å²) in [6, 6.07) is 0. The molecule has 1 aliphatic heterocycles. The molecule has 1 aliphatic rings. The van der Waals surface area contributed by atoms with Crippen molar-refractivity contribution in [2.45, 2.75) is 52.1 Å². The van der Waals surface area contributed by atoms with Gasteiger partial charge >= 0.3 is 0 Å². The first-order valence-electron chi connectivity index (χ1n) is 3.91. The van der Waals surface area contributed by atoms with Crippen LogP contribution in [0.5, 0.6) is 0 Å². The van der Waals surface area contributed by atoms with Gasteiger partial charge in [0.1, 0.15) is 0 Å². The third-order valence-corrected chi connectivity index (χ3v) is 1.83. The van der Waals surface area contributed by atoms with Crippen LogP contribution in [-0.2, 0) is 9.47 Å². The highest BCUT2D eigenvalue weighted by molar-refractivity contribution is 4.76. The van der Waals surface area contributed by atoms with Gasteiger partial charge < -0.3 is 9.47 Å². The van der Waals surface area contributed by atoms with Crippen LogP contribution in [0.3, 0.4) is 0 Å². The third kappa shape index (κ3) is 1.50. The lowest BCUT2D eigenvalue weighted by molar-refractivity contribution is -0.145. The molecule has 0 radical (unpaired) electrons. The molecule has 2 heteroatoms. The second kappa shape index (κ2) is 2.51. The molecule has 1 saturated heterocycles. The van der Waals surface area contributed by atoms with Gasteiger partial charge in [-0.15, -0.1) is 0 Å². The van der Waals surface area contributed by atoms with Crippen molar-refractivity contribution in [1.82, 2.24) is 0 Å². The molecular weight excluding hydrogens is 128 g/mol. The van der Waals surface area contributed by atoms with E-state index >= 15 is 0 Å². The van der Waals surface area contributed by atoms with Crippen molar-refractivity contribution >= 4 is 0 Å². The van der Waals surface area contributed by atoms with Crippen molar-refractivity contribution in [3.63, 3.8) is 0 Å². The summed E-state index contributed by atoms with van der Waals surface area (Å²) >= 11 is 0. The average Bonchev–Trinajstić information content (AvgIpc) is 2.05. The largest absolute Gasteiger partial charge is 0.345 e. The summed E-state index contributed by atoms with van der Waals surface area (Å²) in [7, 11) is 0. The Labute approximate surface area is 62.5 Å². The fourth-order valence-electron chi connectivity index (χ4n) is 1.43. The van der Waals surface area contributed by atoms with Crippen LogP contribution in [0.1, 0.15) is 34.1 Å². The molecule has 60 valence electrons. The molecule has 1 heterocycles. The highest BCUT2D eigenvalue weighted by Gasteiger charge is 2.37. The van der Waals surface area contributed by atoms with Gasteiger partial charge in [0.15, 0.2) is 5.79 Å². The SMILES string of the molecule is CC[C@H]1OC(C)(C)O[C@@H]1C. The van der Waals surface area contributed by atoms with Gasteiger partial charge in [0.2, 0.25) is 0 Å². The zero-order chi connectivity index (χ0) is 7.78. The van der Waals surface area contributed by atoms with Crippen molar-refractivity contribution in [3.05, 3.63) is 0 Å². The van der Waals surface area contributed by atoms with Gasteiger partial charge in [-0.25, -0.2) is 0 Å². The van der Waals surface area contributed by atoms with E-state index < -0.39 is 0 Å². The Balaban J connectivity index is 2.52. The van der Waals surface area contributed by atoms with Crippen LogP contribution in [0.4, 0.5) is 0 Å². The van der Waals surface area contributed by atoms with E-state index in [4.69, 9.17) is 9.47 Å². The van der Waals surface area contributed by atoms with Gasteiger partial charge in [-0.05, 0) is 27.2 Å². The lowest BCUT2D eigenvalue weighted by Crippen LogP contribution is -2.21. The fourth-order valence-corrected chi connectivity index (χ4v) is 1.43. The van der Waals surface area contributed by atoms with E-state index in [-0.39, 0.29) is 18.0 Å². The molecule has 1 fully saturated rings. The maximum Gasteiger partial charge on any atom is 0.163 e. The molecular formula is C8H16O2. The molecule has 1 rings (SSSR count). The molecule has 0 amide bonds. The van der Waals surface area contributed by atoms with E-state index in [0.29, 0.717) is 0 Å². The van der Waals surface area contributed by atoms with Crippen molar-refractivity contribution in [1.29, 1.82) is 0 Å². The van der Waals surface area contributed by atoms with E-state index in [9.17, 15) is 0 Å². The molecule has 2 atom stereocenters. The standard InChI is InChI=1S/C8H16O2/c1-5-7-6(2)9-8(3,4)10-7/h6-7H,5H2,1-4H3/t6-,7-/m1/s1. The second-order valence-electron chi connectivity index (χ2n) is 3.29. The summed E-state index contributed by atoms with van der Waals surface area (Å²) in [4.78, 5) is 0. The first-order valence-corrected chi connectivity index (χ1v) is 3.91. The third-order valence-electron chi connectivity index (χ3n) is 1.83. The van der Waals surface area contributed by atoms with Gasteiger partial charge in [0.25, 0.3) is 0 Å². The summed E-state index contributed by atoms with van der Waals surface area (Å²) in [5.74, 6) is -0.361. The Hall–Kier alpha value is -0.0800. The first kappa shape index (κ1) is 8.02. The molecule has 10 heavy (non-hydrogen) atoms. The van der Waals surface area contributed by atoms with Crippen molar-refractivity contribution in [3.8, 4) is 0 Å². The number of hydrogen-bond donors (Lipinski definition) is 0. The van der Waals surface area contributed by atoms with Gasteiger partial charge in [0.05, 0.1) is 12.2 Å². The molecule has 0 spiro atoms. The zero-order valence-electron chi connectivity index (χ0n) is 7.18. The van der Waals surface area contributed by atoms with Crippen LogP contribution < -0.4 is 0 Å². The van der Waals surface area contributed by atoms with E-state index in [1.165, 1.54) is 0 Å². The summed E-state index contributed by atoms with van der Waals surface area (Å²) in [5.41, 5.74) is 0. The van der Waals surface area contributed by atoms with Crippen LogP contribution in [0.25, 0.3) is 0 Å². The van der Waals surface area contributed by atoms with Gasteiger partial charge in [-0.2, -0.15) is 0 Å². The molecule has 0 aromatic rings. The Morgan fingerprint density at radius 2 is 1.90 bits per heavy atom. The maximum absolute atomic E-state index is 5.59. The van der Waals surface area contributed by atoms with E-state index in [0.717, 1.165) is 6.42 Å². The molecule has 0 aliphatic carbocycles. The molecule has 0 aromatic heterocycles. The number of ether oxygens (including phenoxy) is 2. The monoisotopic (exact) mass is 144 g/mol. The van der Waals surface area contributed by atoms with Crippen molar-refractivity contribution in [2.75, 3.05) is 0 Å². The Kier molecular flexibility index (Phi) is 2.02. The molecule has 0 N–H and O–H groups in total. The minimum Gasteiger partial charge on any atom is -0.345 e. The lowest BCUT2D eigenvalue weighted by atomic mass is 10.2. The minimum absolute atomic E-state index is 0.250. The van der Waals surface area contributed by atoms with Gasteiger partial charge in [-0.1, -0.05) is 6.92 Å². The van der Waals surface area contributed by atoms with Crippen LogP contribution in [0.2, 0.25) is 0 Å². The van der Waals surface area contributed by atoms with Crippen molar-refractivity contribution in [2.24, 2.45) is 0 Å². The highest BCUT2D eigenvalue weighted by Crippen LogP contribution is 2.28. The highest BCUT2D eigenvalue weighted by atomic mass is 16.7. The summed E-state index contributed by atoms with van der Waals surface area (Å²) in [6.07, 6.45) is 1.57. The van der Waals surface area contributed by atoms with Gasteiger partial charge in [0, 0.05) is 0 Å². The molecule has 0 unspecified atom stereocenters. The normalized spacial score (nSPS) is 38.4. The zero-order valence-corrected chi connectivity index (χ0v) is 7.18. The predicted molar refractivity (Wildman–Crippen MR) is 39.8 cm³/mol.